The summed E-state index contributed by atoms with van der Waals surface area (Å²) in [5, 5.41) is 15.9. The van der Waals surface area contributed by atoms with Crippen molar-refractivity contribution in [2.24, 2.45) is 0 Å². The zero-order valence-electron chi connectivity index (χ0n) is 8.81. The summed E-state index contributed by atoms with van der Waals surface area (Å²) in [5.74, 6) is 0.847. The number of aliphatic hydroxyl groups excluding tert-OH is 1. The minimum Gasteiger partial charge on any atom is -0.394 e. The molecule has 0 atom stereocenters. The number of nitrogens with one attached hydrogen (secondary N) is 1. The van der Waals surface area contributed by atoms with Crippen LogP contribution in [0.1, 0.15) is 19.3 Å². The Kier molecular flexibility index (Phi) is 2.29. The summed E-state index contributed by atoms with van der Waals surface area (Å²) in [4.78, 5) is 9.46. The maximum atomic E-state index is 9.42. The van der Waals surface area contributed by atoms with Crippen LogP contribution in [0, 0.1) is 0 Å². The zero-order chi connectivity index (χ0) is 11.0. The van der Waals surface area contributed by atoms with Crippen molar-refractivity contribution in [3.63, 3.8) is 0 Å². The fourth-order valence-electron chi connectivity index (χ4n) is 2.07. The first-order chi connectivity index (χ1) is 7.83. The minimum absolute atomic E-state index is 0.150. The number of rotatable bonds is 3. The number of aliphatic hydroxyl groups is 1. The van der Waals surface area contributed by atoms with Gasteiger partial charge >= 0.3 is 0 Å². The first-order valence-corrected chi connectivity index (χ1v) is 6.28. The Balaban J connectivity index is 1.96. The Morgan fingerprint density at radius 3 is 3.00 bits per heavy atom. The standard InChI is InChI=1S/C11H13N3OS/c15-6-11(3-1-4-11)14-9-8-2-5-16-10(8)13-7-12-9/h2,5,7,15H,1,3-4,6H2,(H,12,13,14). The second-order valence-electron chi connectivity index (χ2n) is 4.28. The number of nitrogens with zero attached hydrogens (tertiary/aromatic N) is 2. The van der Waals surface area contributed by atoms with E-state index < -0.39 is 0 Å². The van der Waals surface area contributed by atoms with E-state index in [0.29, 0.717) is 0 Å². The van der Waals surface area contributed by atoms with Crippen molar-refractivity contribution in [2.75, 3.05) is 11.9 Å². The van der Waals surface area contributed by atoms with Crippen LogP contribution in [0.5, 0.6) is 0 Å². The predicted octanol–water partition coefficient (Wildman–Crippen LogP) is 2.02. The first-order valence-electron chi connectivity index (χ1n) is 5.40. The van der Waals surface area contributed by atoms with Crippen molar-refractivity contribution < 1.29 is 5.11 Å². The summed E-state index contributed by atoms with van der Waals surface area (Å²) in [6.07, 6.45) is 4.77. The van der Waals surface area contributed by atoms with Crippen molar-refractivity contribution in [3.8, 4) is 0 Å². The maximum Gasteiger partial charge on any atom is 0.138 e. The highest BCUT2D eigenvalue weighted by molar-refractivity contribution is 7.16. The molecule has 0 unspecified atom stereocenters. The highest BCUT2D eigenvalue weighted by atomic mass is 32.1. The number of aromatic nitrogens is 2. The summed E-state index contributed by atoms with van der Waals surface area (Å²) < 4.78 is 0. The molecule has 1 fully saturated rings. The molecule has 16 heavy (non-hydrogen) atoms. The van der Waals surface area contributed by atoms with E-state index in [1.54, 1.807) is 17.7 Å². The van der Waals surface area contributed by atoms with Gasteiger partial charge in [0.15, 0.2) is 0 Å². The van der Waals surface area contributed by atoms with Gasteiger partial charge in [-0.15, -0.1) is 11.3 Å². The van der Waals surface area contributed by atoms with E-state index in [1.807, 2.05) is 11.4 Å². The Labute approximate surface area is 97.4 Å². The largest absolute Gasteiger partial charge is 0.394 e. The predicted molar refractivity (Wildman–Crippen MR) is 64.7 cm³/mol. The molecule has 2 aromatic heterocycles. The summed E-state index contributed by atoms with van der Waals surface area (Å²) >= 11 is 1.61. The van der Waals surface area contributed by atoms with Gasteiger partial charge in [-0.1, -0.05) is 0 Å². The lowest BCUT2D eigenvalue weighted by Crippen LogP contribution is -2.48. The summed E-state index contributed by atoms with van der Waals surface area (Å²) in [6.45, 7) is 0.169. The smallest absolute Gasteiger partial charge is 0.138 e. The SMILES string of the molecule is OCC1(Nc2ncnc3sccc23)CCC1. The van der Waals surface area contributed by atoms with E-state index in [4.69, 9.17) is 0 Å². The van der Waals surface area contributed by atoms with Crippen molar-refractivity contribution >= 4 is 27.4 Å². The Morgan fingerprint density at radius 2 is 2.31 bits per heavy atom. The van der Waals surface area contributed by atoms with Crippen molar-refractivity contribution in [3.05, 3.63) is 17.8 Å². The lowest BCUT2D eigenvalue weighted by Gasteiger charge is -2.41. The van der Waals surface area contributed by atoms with Crippen molar-refractivity contribution in [1.29, 1.82) is 0 Å². The van der Waals surface area contributed by atoms with Crippen LogP contribution in [-0.2, 0) is 0 Å². The van der Waals surface area contributed by atoms with Gasteiger partial charge in [-0.05, 0) is 30.7 Å². The van der Waals surface area contributed by atoms with Crippen LogP contribution in [0.4, 0.5) is 5.82 Å². The third-order valence-corrected chi connectivity index (χ3v) is 4.08. The monoisotopic (exact) mass is 235 g/mol. The van der Waals surface area contributed by atoms with Gasteiger partial charge in [0.05, 0.1) is 17.5 Å². The Morgan fingerprint density at radius 1 is 1.44 bits per heavy atom. The van der Waals surface area contributed by atoms with Crippen LogP contribution < -0.4 is 5.32 Å². The minimum atomic E-state index is -0.150. The molecular weight excluding hydrogens is 222 g/mol. The molecule has 0 saturated heterocycles. The van der Waals surface area contributed by atoms with E-state index >= 15 is 0 Å². The van der Waals surface area contributed by atoms with E-state index in [2.05, 4.69) is 15.3 Å². The molecule has 0 amide bonds. The van der Waals surface area contributed by atoms with Crippen LogP contribution in [0.2, 0.25) is 0 Å². The van der Waals surface area contributed by atoms with Crippen LogP contribution >= 0.6 is 11.3 Å². The summed E-state index contributed by atoms with van der Waals surface area (Å²) in [7, 11) is 0. The van der Waals surface area contributed by atoms with Crippen LogP contribution in [0.15, 0.2) is 17.8 Å². The fraction of sp³-hybridized carbons (Fsp3) is 0.455. The molecule has 2 heterocycles. The van der Waals surface area contributed by atoms with E-state index in [-0.39, 0.29) is 12.1 Å². The lowest BCUT2D eigenvalue weighted by molar-refractivity contribution is 0.144. The number of fused-ring (bicyclic) bond motifs is 1. The van der Waals surface area contributed by atoms with E-state index in [9.17, 15) is 5.11 Å². The molecule has 0 spiro atoms. The van der Waals surface area contributed by atoms with Gasteiger partial charge in [-0.25, -0.2) is 9.97 Å². The zero-order valence-corrected chi connectivity index (χ0v) is 9.63. The molecule has 0 bridgehead atoms. The molecule has 4 nitrogen and oxygen atoms in total. The summed E-state index contributed by atoms with van der Waals surface area (Å²) in [6, 6.07) is 2.02. The van der Waals surface area contributed by atoms with Gasteiger partial charge in [0, 0.05) is 0 Å². The topological polar surface area (TPSA) is 58.0 Å². The molecule has 1 saturated carbocycles. The molecule has 1 aliphatic carbocycles. The number of anilines is 1. The van der Waals surface area contributed by atoms with Gasteiger partial charge in [-0.2, -0.15) is 0 Å². The average Bonchev–Trinajstić information content (AvgIpc) is 2.72. The molecule has 2 N–H and O–H groups in total. The highest BCUT2D eigenvalue weighted by Gasteiger charge is 2.36. The lowest BCUT2D eigenvalue weighted by atomic mass is 9.77. The normalized spacial score (nSPS) is 18.3. The molecule has 0 aliphatic heterocycles. The molecule has 5 heteroatoms. The van der Waals surface area contributed by atoms with Crippen LogP contribution in [-0.4, -0.2) is 27.2 Å². The third kappa shape index (κ3) is 1.47. The molecule has 3 rings (SSSR count). The highest BCUT2D eigenvalue weighted by Crippen LogP contribution is 2.36. The van der Waals surface area contributed by atoms with E-state index in [1.165, 1.54) is 6.42 Å². The number of hydrogen-bond donors (Lipinski definition) is 2. The Bertz CT molecular complexity index is 501. The molecule has 84 valence electrons. The molecule has 0 radical (unpaired) electrons. The average molecular weight is 235 g/mol. The third-order valence-electron chi connectivity index (χ3n) is 3.26. The van der Waals surface area contributed by atoms with Gasteiger partial charge < -0.3 is 10.4 Å². The number of thiophene rings is 1. The first kappa shape index (κ1) is 9.99. The van der Waals surface area contributed by atoms with Gasteiger partial charge in [0.25, 0.3) is 0 Å². The van der Waals surface area contributed by atoms with Gasteiger partial charge in [0.1, 0.15) is 17.0 Å². The second kappa shape index (κ2) is 3.68. The summed E-state index contributed by atoms with van der Waals surface area (Å²) in [5.41, 5.74) is -0.150. The fourth-order valence-corrected chi connectivity index (χ4v) is 2.80. The molecular formula is C11H13N3OS. The molecule has 1 aliphatic rings. The maximum absolute atomic E-state index is 9.42. The molecule has 0 aromatic carbocycles. The Hall–Kier alpha value is -1.20. The van der Waals surface area contributed by atoms with E-state index in [0.717, 1.165) is 28.9 Å². The van der Waals surface area contributed by atoms with Crippen LogP contribution in [0.3, 0.4) is 0 Å². The second-order valence-corrected chi connectivity index (χ2v) is 5.17. The van der Waals surface area contributed by atoms with Crippen molar-refractivity contribution in [2.45, 2.75) is 24.8 Å². The molecule has 2 aromatic rings. The van der Waals surface area contributed by atoms with Gasteiger partial charge in [-0.3, -0.25) is 0 Å². The van der Waals surface area contributed by atoms with Crippen LogP contribution in [0.25, 0.3) is 10.2 Å². The number of hydrogen-bond acceptors (Lipinski definition) is 5. The quantitative estimate of drug-likeness (QED) is 0.854. The van der Waals surface area contributed by atoms with Gasteiger partial charge in [0.2, 0.25) is 0 Å². The van der Waals surface area contributed by atoms with Crippen molar-refractivity contribution in [1.82, 2.24) is 9.97 Å².